The standard InChI is InChI=1S/C17H21N3/c1-2-4-15(5-3-1)17(16-6-8-18-9-7-16)14-20-12-10-19-11-13-20/h1-9,17,19H,10-14H2. The molecule has 0 radical (unpaired) electrons. The molecule has 3 nitrogen and oxygen atoms in total. The summed E-state index contributed by atoms with van der Waals surface area (Å²) in [5.74, 6) is 0.428. The third-order valence-corrected chi connectivity index (χ3v) is 3.96. The van der Waals surface area contributed by atoms with Crippen molar-refractivity contribution in [1.29, 1.82) is 0 Å². The molecule has 0 saturated carbocycles. The molecule has 1 aromatic heterocycles. The van der Waals surface area contributed by atoms with Gasteiger partial charge >= 0.3 is 0 Å². The van der Waals surface area contributed by atoms with Crippen molar-refractivity contribution in [2.75, 3.05) is 32.7 Å². The van der Waals surface area contributed by atoms with Crippen molar-refractivity contribution >= 4 is 0 Å². The molecule has 0 bridgehead atoms. The van der Waals surface area contributed by atoms with E-state index in [0.29, 0.717) is 5.92 Å². The number of pyridine rings is 1. The lowest BCUT2D eigenvalue weighted by Crippen LogP contribution is -2.45. The van der Waals surface area contributed by atoms with Crippen molar-refractivity contribution in [3.05, 3.63) is 66.0 Å². The number of piperazine rings is 1. The molecule has 2 aromatic rings. The Bertz CT molecular complexity index is 467. The topological polar surface area (TPSA) is 28.2 Å². The minimum absolute atomic E-state index is 0.428. The highest BCUT2D eigenvalue weighted by atomic mass is 15.2. The highest BCUT2D eigenvalue weighted by Gasteiger charge is 2.19. The summed E-state index contributed by atoms with van der Waals surface area (Å²) in [5, 5.41) is 3.42. The molecule has 0 amide bonds. The molecule has 3 rings (SSSR count). The second-order valence-electron chi connectivity index (χ2n) is 5.29. The van der Waals surface area contributed by atoms with Crippen LogP contribution >= 0.6 is 0 Å². The summed E-state index contributed by atoms with van der Waals surface area (Å²) < 4.78 is 0. The van der Waals surface area contributed by atoms with Crippen LogP contribution in [-0.2, 0) is 0 Å². The van der Waals surface area contributed by atoms with E-state index in [1.807, 2.05) is 12.4 Å². The Kier molecular flexibility index (Phi) is 4.41. The van der Waals surface area contributed by atoms with Crippen LogP contribution in [0.4, 0.5) is 0 Å². The van der Waals surface area contributed by atoms with Gasteiger partial charge in [-0.3, -0.25) is 9.88 Å². The van der Waals surface area contributed by atoms with Crippen LogP contribution in [0.15, 0.2) is 54.9 Å². The maximum Gasteiger partial charge on any atom is 0.0270 e. The lowest BCUT2D eigenvalue weighted by molar-refractivity contribution is 0.234. The lowest BCUT2D eigenvalue weighted by atomic mass is 9.91. The molecular weight excluding hydrogens is 246 g/mol. The molecule has 1 saturated heterocycles. The first-order valence-corrected chi connectivity index (χ1v) is 7.31. The van der Waals surface area contributed by atoms with Gasteiger partial charge in [0, 0.05) is 51.0 Å². The Morgan fingerprint density at radius 1 is 0.950 bits per heavy atom. The second kappa shape index (κ2) is 6.64. The van der Waals surface area contributed by atoms with E-state index in [9.17, 15) is 0 Å². The van der Waals surface area contributed by atoms with Gasteiger partial charge in [0.05, 0.1) is 0 Å². The van der Waals surface area contributed by atoms with Crippen molar-refractivity contribution < 1.29 is 0 Å². The number of hydrogen-bond donors (Lipinski definition) is 1. The van der Waals surface area contributed by atoms with Crippen LogP contribution < -0.4 is 5.32 Å². The molecule has 104 valence electrons. The van der Waals surface area contributed by atoms with Gasteiger partial charge in [0.15, 0.2) is 0 Å². The van der Waals surface area contributed by atoms with Crippen LogP contribution in [-0.4, -0.2) is 42.6 Å². The molecule has 1 aliphatic rings. The SMILES string of the molecule is c1ccc(C(CN2CCNCC2)c2ccncc2)cc1. The number of hydrogen-bond acceptors (Lipinski definition) is 3. The number of nitrogens with one attached hydrogen (secondary N) is 1. The second-order valence-corrected chi connectivity index (χ2v) is 5.29. The Balaban J connectivity index is 1.83. The molecule has 20 heavy (non-hydrogen) atoms. The molecule has 0 spiro atoms. The van der Waals surface area contributed by atoms with Crippen LogP contribution in [0.5, 0.6) is 0 Å². The minimum Gasteiger partial charge on any atom is -0.314 e. The Hall–Kier alpha value is -1.71. The van der Waals surface area contributed by atoms with Crippen molar-refractivity contribution in [1.82, 2.24) is 15.2 Å². The van der Waals surface area contributed by atoms with E-state index in [1.165, 1.54) is 11.1 Å². The average molecular weight is 267 g/mol. The van der Waals surface area contributed by atoms with Gasteiger partial charge in [0.2, 0.25) is 0 Å². The highest BCUT2D eigenvalue weighted by molar-refractivity contribution is 5.31. The maximum atomic E-state index is 4.14. The van der Waals surface area contributed by atoms with Crippen LogP contribution in [0.1, 0.15) is 17.0 Å². The zero-order valence-corrected chi connectivity index (χ0v) is 11.7. The van der Waals surface area contributed by atoms with Crippen molar-refractivity contribution in [2.24, 2.45) is 0 Å². The van der Waals surface area contributed by atoms with Gasteiger partial charge in [-0.2, -0.15) is 0 Å². The Morgan fingerprint density at radius 2 is 1.60 bits per heavy atom. The zero-order valence-electron chi connectivity index (χ0n) is 11.7. The van der Waals surface area contributed by atoms with Crippen LogP contribution in [0.2, 0.25) is 0 Å². The predicted octanol–water partition coefficient (Wildman–Crippen LogP) is 2.12. The number of nitrogens with zero attached hydrogens (tertiary/aromatic N) is 2. The van der Waals surface area contributed by atoms with Gasteiger partial charge in [-0.15, -0.1) is 0 Å². The summed E-state index contributed by atoms with van der Waals surface area (Å²) >= 11 is 0. The van der Waals surface area contributed by atoms with Gasteiger partial charge in [-0.05, 0) is 23.3 Å². The smallest absolute Gasteiger partial charge is 0.0270 e. The molecule has 3 heteroatoms. The number of rotatable bonds is 4. The van der Waals surface area contributed by atoms with Gasteiger partial charge in [0.1, 0.15) is 0 Å². The van der Waals surface area contributed by atoms with Crippen molar-refractivity contribution in [2.45, 2.75) is 5.92 Å². The fourth-order valence-electron chi connectivity index (χ4n) is 2.84. The molecule has 0 aliphatic carbocycles. The fourth-order valence-corrected chi connectivity index (χ4v) is 2.84. The van der Waals surface area contributed by atoms with E-state index in [4.69, 9.17) is 0 Å². The third-order valence-electron chi connectivity index (χ3n) is 3.96. The van der Waals surface area contributed by atoms with E-state index in [0.717, 1.165) is 32.7 Å². The molecule has 1 fully saturated rings. The highest BCUT2D eigenvalue weighted by Crippen LogP contribution is 2.25. The van der Waals surface area contributed by atoms with Crippen molar-refractivity contribution in [3.63, 3.8) is 0 Å². The van der Waals surface area contributed by atoms with Gasteiger partial charge < -0.3 is 5.32 Å². The summed E-state index contributed by atoms with van der Waals surface area (Å²) in [6, 6.07) is 15.1. The van der Waals surface area contributed by atoms with Crippen LogP contribution in [0, 0.1) is 0 Å². The number of benzene rings is 1. The normalized spacial score (nSPS) is 17.8. The maximum absolute atomic E-state index is 4.14. The lowest BCUT2D eigenvalue weighted by Gasteiger charge is -2.31. The fraction of sp³-hybridized carbons (Fsp3) is 0.353. The Labute approximate surface area is 120 Å². The number of aromatic nitrogens is 1. The van der Waals surface area contributed by atoms with Gasteiger partial charge in [-0.25, -0.2) is 0 Å². The molecule has 1 aromatic carbocycles. The molecular formula is C17H21N3. The first-order chi connectivity index (χ1) is 9.93. The average Bonchev–Trinajstić information content (AvgIpc) is 2.55. The summed E-state index contributed by atoms with van der Waals surface area (Å²) in [4.78, 5) is 6.69. The summed E-state index contributed by atoms with van der Waals surface area (Å²) in [6.45, 7) is 5.54. The van der Waals surface area contributed by atoms with Crippen LogP contribution in [0.25, 0.3) is 0 Å². The molecule has 1 atom stereocenters. The minimum atomic E-state index is 0.428. The zero-order chi connectivity index (χ0) is 13.6. The summed E-state index contributed by atoms with van der Waals surface area (Å²) in [7, 11) is 0. The first-order valence-electron chi connectivity index (χ1n) is 7.31. The van der Waals surface area contributed by atoms with Gasteiger partial charge in [-0.1, -0.05) is 30.3 Å². The monoisotopic (exact) mass is 267 g/mol. The van der Waals surface area contributed by atoms with Gasteiger partial charge in [0.25, 0.3) is 0 Å². The summed E-state index contributed by atoms with van der Waals surface area (Å²) in [5.41, 5.74) is 2.74. The Morgan fingerprint density at radius 3 is 2.30 bits per heavy atom. The predicted molar refractivity (Wildman–Crippen MR) is 81.8 cm³/mol. The molecule has 2 heterocycles. The first kappa shape index (κ1) is 13.3. The van der Waals surface area contributed by atoms with E-state index >= 15 is 0 Å². The third kappa shape index (κ3) is 3.24. The molecule has 1 unspecified atom stereocenters. The van der Waals surface area contributed by atoms with E-state index in [-0.39, 0.29) is 0 Å². The van der Waals surface area contributed by atoms with E-state index < -0.39 is 0 Å². The molecule has 1 aliphatic heterocycles. The largest absolute Gasteiger partial charge is 0.314 e. The summed E-state index contributed by atoms with van der Waals surface area (Å²) in [6.07, 6.45) is 3.78. The van der Waals surface area contributed by atoms with Crippen molar-refractivity contribution in [3.8, 4) is 0 Å². The quantitative estimate of drug-likeness (QED) is 0.919. The van der Waals surface area contributed by atoms with E-state index in [1.54, 1.807) is 0 Å². The molecule has 1 N–H and O–H groups in total. The van der Waals surface area contributed by atoms with Crippen LogP contribution in [0.3, 0.4) is 0 Å². The van der Waals surface area contributed by atoms with E-state index in [2.05, 4.69) is 57.7 Å².